The summed E-state index contributed by atoms with van der Waals surface area (Å²) in [5, 5.41) is 0. The predicted octanol–water partition coefficient (Wildman–Crippen LogP) is 3.86. The molecule has 0 N–H and O–H groups in total. The molecule has 1 atom stereocenters. The van der Waals surface area contributed by atoms with E-state index in [0.717, 1.165) is 38.2 Å². The first-order valence-electron chi connectivity index (χ1n) is 12.4. The number of rotatable bonds is 8. The van der Waals surface area contributed by atoms with E-state index in [0.29, 0.717) is 37.9 Å². The van der Waals surface area contributed by atoms with Gasteiger partial charge in [0.05, 0.1) is 17.1 Å². The number of carbonyl (C=O) groups excluding carboxylic acids is 1. The number of fused-ring (bicyclic) bond motifs is 1. The van der Waals surface area contributed by atoms with E-state index in [1.54, 1.807) is 0 Å². The molecule has 2 saturated heterocycles. The average Bonchev–Trinajstić information content (AvgIpc) is 3.30. The van der Waals surface area contributed by atoms with Crippen molar-refractivity contribution in [1.82, 2.24) is 19.8 Å². The number of amides is 1. The molecule has 0 bridgehead atoms. The van der Waals surface area contributed by atoms with Gasteiger partial charge in [0, 0.05) is 44.2 Å². The smallest absolute Gasteiger partial charge is 0.258 e. The number of aromatic nitrogens is 2. The largest absolute Gasteiger partial charge is 0.474 e. The minimum atomic E-state index is -0.958. The zero-order valence-electron chi connectivity index (χ0n) is 20.4. The molecule has 2 aromatic rings. The topological polar surface area (TPSA) is 61.8 Å². The van der Waals surface area contributed by atoms with E-state index in [9.17, 15) is 13.6 Å². The molecule has 4 rings (SSSR count). The molecule has 2 fully saturated rings. The summed E-state index contributed by atoms with van der Waals surface area (Å²) in [5.41, 5.74) is 0.544. The van der Waals surface area contributed by atoms with E-state index < -0.39 is 11.6 Å². The van der Waals surface area contributed by atoms with Gasteiger partial charge in [0.25, 0.3) is 5.88 Å². The maximum Gasteiger partial charge on any atom is 0.258 e. The van der Waals surface area contributed by atoms with Crippen molar-refractivity contribution in [3.63, 3.8) is 0 Å². The van der Waals surface area contributed by atoms with Crippen molar-refractivity contribution in [3.8, 4) is 5.88 Å². The summed E-state index contributed by atoms with van der Waals surface area (Å²) in [4.78, 5) is 28.2. The molecule has 186 valence electrons. The highest BCUT2D eigenvalue weighted by Gasteiger charge is 2.33. The normalized spacial score (nSPS) is 19.2. The Labute approximate surface area is 200 Å². The van der Waals surface area contributed by atoms with Gasteiger partial charge in [-0.2, -0.15) is 0 Å². The quantitative estimate of drug-likeness (QED) is 0.578. The first-order chi connectivity index (χ1) is 16.4. The summed E-state index contributed by atoms with van der Waals surface area (Å²) in [7, 11) is 0. The maximum atomic E-state index is 13.9. The Kier molecular flexibility index (Phi) is 7.80. The Bertz CT molecular complexity index is 1010. The number of likely N-dealkylation sites (N-methyl/N-ethyl adjacent to an activating group) is 1. The standard InChI is InChI=1S/C25H35F2N5O2/c1-4-32(25(33)17(2)3)18-8-11-31(16-18)23-24(34-13-12-30-9-6-5-7-10-30)29-22-15-20(27)19(26)14-21(22)28-23/h14-15,17-18H,4-13,16H2,1-3H3/t18-/m0/s1. The SMILES string of the molecule is CCN(C(=O)C(C)C)[C@H]1CCN(c2nc3cc(F)c(F)cc3nc2OCCN2CCCCC2)C1. The highest BCUT2D eigenvalue weighted by atomic mass is 19.2. The third-order valence-electron chi connectivity index (χ3n) is 6.77. The van der Waals surface area contributed by atoms with Crippen molar-refractivity contribution in [2.24, 2.45) is 5.92 Å². The van der Waals surface area contributed by atoms with Gasteiger partial charge in [-0.1, -0.05) is 20.3 Å². The number of hydrogen-bond acceptors (Lipinski definition) is 6. The fourth-order valence-electron chi connectivity index (χ4n) is 4.90. The van der Waals surface area contributed by atoms with E-state index in [4.69, 9.17) is 4.74 Å². The van der Waals surface area contributed by atoms with Gasteiger partial charge >= 0.3 is 0 Å². The minimum absolute atomic E-state index is 0.0588. The molecule has 0 unspecified atom stereocenters. The summed E-state index contributed by atoms with van der Waals surface area (Å²) >= 11 is 0. The number of carbonyl (C=O) groups is 1. The lowest BCUT2D eigenvalue weighted by Gasteiger charge is -2.30. The molecule has 7 nitrogen and oxygen atoms in total. The van der Waals surface area contributed by atoms with Crippen molar-refractivity contribution in [3.05, 3.63) is 23.8 Å². The fourth-order valence-corrected chi connectivity index (χ4v) is 4.90. The molecule has 2 aliphatic rings. The first-order valence-corrected chi connectivity index (χ1v) is 12.4. The van der Waals surface area contributed by atoms with Crippen molar-refractivity contribution < 1.29 is 18.3 Å². The van der Waals surface area contributed by atoms with Gasteiger partial charge < -0.3 is 14.5 Å². The molecule has 0 saturated carbocycles. The van der Waals surface area contributed by atoms with Gasteiger partial charge in [-0.25, -0.2) is 18.7 Å². The highest BCUT2D eigenvalue weighted by molar-refractivity contribution is 5.79. The summed E-state index contributed by atoms with van der Waals surface area (Å²) in [6.07, 6.45) is 4.47. The van der Waals surface area contributed by atoms with E-state index in [-0.39, 0.29) is 28.9 Å². The highest BCUT2D eigenvalue weighted by Crippen LogP contribution is 2.32. The fraction of sp³-hybridized carbons (Fsp3) is 0.640. The van der Waals surface area contributed by atoms with Crippen LogP contribution in [0.3, 0.4) is 0 Å². The van der Waals surface area contributed by atoms with Crippen LogP contribution in [0.2, 0.25) is 0 Å². The number of likely N-dealkylation sites (tertiary alicyclic amines) is 1. The van der Waals surface area contributed by atoms with Crippen LogP contribution in [0.15, 0.2) is 12.1 Å². The third kappa shape index (κ3) is 5.40. The van der Waals surface area contributed by atoms with Gasteiger partial charge in [0.15, 0.2) is 17.5 Å². The van der Waals surface area contributed by atoms with Crippen molar-refractivity contribution >= 4 is 22.8 Å². The molecular weight excluding hydrogens is 440 g/mol. The molecule has 1 amide bonds. The summed E-state index contributed by atoms with van der Waals surface area (Å²) in [5.74, 6) is -0.996. The van der Waals surface area contributed by atoms with Crippen LogP contribution < -0.4 is 9.64 Å². The Hall–Kier alpha value is -2.55. The Morgan fingerprint density at radius 3 is 2.44 bits per heavy atom. The van der Waals surface area contributed by atoms with Gasteiger partial charge in [-0.05, 0) is 39.3 Å². The van der Waals surface area contributed by atoms with Crippen LogP contribution in [0.25, 0.3) is 11.0 Å². The Morgan fingerprint density at radius 1 is 1.12 bits per heavy atom. The third-order valence-corrected chi connectivity index (χ3v) is 6.77. The minimum Gasteiger partial charge on any atom is -0.474 e. The van der Waals surface area contributed by atoms with Crippen LogP contribution in [0.1, 0.15) is 46.5 Å². The zero-order valence-corrected chi connectivity index (χ0v) is 20.4. The lowest BCUT2D eigenvalue weighted by molar-refractivity contribution is -0.136. The number of benzene rings is 1. The number of halogens is 2. The summed E-state index contributed by atoms with van der Waals surface area (Å²) in [6, 6.07) is 2.20. The summed E-state index contributed by atoms with van der Waals surface area (Å²) < 4.78 is 33.9. The molecule has 3 heterocycles. The van der Waals surface area contributed by atoms with E-state index in [1.165, 1.54) is 19.3 Å². The predicted molar refractivity (Wildman–Crippen MR) is 128 cm³/mol. The molecule has 0 aliphatic carbocycles. The number of hydrogen-bond donors (Lipinski definition) is 0. The Morgan fingerprint density at radius 2 is 1.79 bits per heavy atom. The first kappa shape index (κ1) is 24.6. The van der Waals surface area contributed by atoms with Gasteiger partial charge in [0.2, 0.25) is 5.91 Å². The monoisotopic (exact) mass is 475 g/mol. The van der Waals surface area contributed by atoms with Crippen LogP contribution in [0, 0.1) is 17.6 Å². The van der Waals surface area contributed by atoms with Crippen LogP contribution in [0.4, 0.5) is 14.6 Å². The Balaban J connectivity index is 1.57. The second kappa shape index (κ2) is 10.8. The molecular formula is C25H35F2N5O2. The van der Waals surface area contributed by atoms with Crippen molar-refractivity contribution in [2.75, 3.05) is 50.8 Å². The second-order valence-electron chi connectivity index (χ2n) is 9.53. The van der Waals surface area contributed by atoms with Gasteiger partial charge in [-0.3, -0.25) is 9.69 Å². The summed E-state index contributed by atoms with van der Waals surface area (Å²) in [6.45, 7) is 11.1. The van der Waals surface area contributed by atoms with E-state index >= 15 is 0 Å². The maximum absolute atomic E-state index is 13.9. The van der Waals surface area contributed by atoms with Crippen molar-refractivity contribution in [1.29, 1.82) is 0 Å². The molecule has 1 aromatic carbocycles. The van der Waals surface area contributed by atoms with Gasteiger partial charge in [0.1, 0.15) is 6.61 Å². The van der Waals surface area contributed by atoms with E-state index in [1.807, 2.05) is 30.6 Å². The van der Waals surface area contributed by atoms with Gasteiger partial charge in [-0.15, -0.1) is 0 Å². The number of piperidine rings is 1. The zero-order chi connectivity index (χ0) is 24.2. The molecule has 9 heteroatoms. The molecule has 34 heavy (non-hydrogen) atoms. The molecule has 0 radical (unpaired) electrons. The molecule has 1 aromatic heterocycles. The van der Waals surface area contributed by atoms with Crippen LogP contribution in [-0.4, -0.2) is 77.6 Å². The lowest BCUT2D eigenvalue weighted by atomic mass is 10.1. The van der Waals surface area contributed by atoms with Crippen LogP contribution >= 0.6 is 0 Å². The van der Waals surface area contributed by atoms with Crippen LogP contribution in [-0.2, 0) is 4.79 Å². The van der Waals surface area contributed by atoms with Crippen molar-refractivity contribution in [2.45, 2.75) is 52.5 Å². The molecule has 2 aliphatic heterocycles. The number of nitrogens with zero attached hydrogens (tertiary/aromatic N) is 5. The number of anilines is 1. The number of ether oxygens (including phenoxy) is 1. The lowest BCUT2D eigenvalue weighted by Crippen LogP contribution is -2.43. The molecule has 0 spiro atoms. The van der Waals surface area contributed by atoms with E-state index in [2.05, 4.69) is 14.9 Å². The van der Waals surface area contributed by atoms with Crippen LogP contribution in [0.5, 0.6) is 5.88 Å². The second-order valence-corrected chi connectivity index (χ2v) is 9.53. The average molecular weight is 476 g/mol.